The topological polar surface area (TPSA) is 55.1 Å². The predicted octanol–water partition coefficient (Wildman–Crippen LogP) is 2.90. The van der Waals surface area contributed by atoms with Crippen LogP contribution in [0.3, 0.4) is 0 Å². The number of rotatable bonds is 5. The van der Waals surface area contributed by atoms with Crippen molar-refractivity contribution in [3.8, 4) is 0 Å². The van der Waals surface area contributed by atoms with Gasteiger partial charge in [-0.25, -0.2) is 4.39 Å². The zero-order chi connectivity index (χ0) is 12.1. The highest BCUT2D eigenvalue weighted by molar-refractivity contribution is 9.10. The van der Waals surface area contributed by atoms with E-state index in [0.29, 0.717) is 16.7 Å². The summed E-state index contributed by atoms with van der Waals surface area (Å²) in [6, 6.07) is 2.88. The molecule has 0 heterocycles. The Bertz CT molecular complexity index is 396. The first-order valence-electron chi connectivity index (χ1n) is 5.09. The second-order valence-electron chi connectivity index (χ2n) is 3.45. The van der Waals surface area contributed by atoms with Gasteiger partial charge >= 0.3 is 0 Å². The molecule has 0 unspecified atom stereocenters. The van der Waals surface area contributed by atoms with Crippen molar-refractivity contribution < 1.29 is 9.18 Å². The smallest absolute Gasteiger partial charge is 0.253 e. The van der Waals surface area contributed by atoms with Crippen LogP contribution in [0.4, 0.5) is 10.1 Å². The van der Waals surface area contributed by atoms with Crippen LogP contribution in [0, 0.1) is 5.82 Å². The number of primary amides is 1. The molecule has 0 aliphatic heterocycles. The van der Waals surface area contributed by atoms with Crippen molar-refractivity contribution in [1.29, 1.82) is 0 Å². The summed E-state index contributed by atoms with van der Waals surface area (Å²) in [6.07, 6.45) is 1.97. The van der Waals surface area contributed by atoms with Gasteiger partial charge in [0.1, 0.15) is 5.82 Å². The molecule has 0 spiro atoms. The fourth-order valence-electron chi connectivity index (χ4n) is 1.36. The molecule has 1 aromatic carbocycles. The fourth-order valence-corrected chi connectivity index (χ4v) is 1.79. The Hall–Kier alpha value is -1.10. The first-order valence-corrected chi connectivity index (χ1v) is 5.88. The van der Waals surface area contributed by atoms with E-state index in [4.69, 9.17) is 5.73 Å². The van der Waals surface area contributed by atoms with Crippen LogP contribution in [0.15, 0.2) is 16.6 Å². The Labute approximate surface area is 102 Å². The normalized spacial score (nSPS) is 10.2. The second kappa shape index (κ2) is 5.84. The van der Waals surface area contributed by atoms with E-state index >= 15 is 0 Å². The molecule has 3 nitrogen and oxygen atoms in total. The van der Waals surface area contributed by atoms with Crippen molar-refractivity contribution in [1.82, 2.24) is 0 Å². The van der Waals surface area contributed by atoms with Gasteiger partial charge in [0.15, 0.2) is 0 Å². The van der Waals surface area contributed by atoms with Crippen LogP contribution in [0.5, 0.6) is 0 Å². The third-order valence-electron chi connectivity index (χ3n) is 2.15. The average molecular weight is 289 g/mol. The minimum absolute atomic E-state index is 0.0840. The molecule has 0 radical (unpaired) electrons. The average Bonchev–Trinajstić information content (AvgIpc) is 2.16. The van der Waals surface area contributed by atoms with E-state index in [9.17, 15) is 9.18 Å². The van der Waals surface area contributed by atoms with E-state index in [2.05, 4.69) is 28.2 Å². The standard InChI is InChI=1S/C11H14BrFN2O/c1-2-3-4-15-9-6-7(12)5-8(13)10(9)11(14)16/h5-6,15H,2-4H2,1H3,(H2,14,16). The molecule has 1 aromatic rings. The first-order chi connectivity index (χ1) is 7.56. The van der Waals surface area contributed by atoms with Gasteiger partial charge < -0.3 is 11.1 Å². The summed E-state index contributed by atoms with van der Waals surface area (Å²) in [7, 11) is 0. The summed E-state index contributed by atoms with van der Waals surface area (Å²) in [5, 5.41) is 3.01. The lowest BCUT2D eigenvalue weighted by atomic mass is 10.1. The van der Waals surface area contributed by atoms with Crippen LogP contribution in [0.25, 0.3) is 0 Å². The highest BCUT2D eigenvalue weighted by Crippen LogP contribution is 2.24. The highest BCUT2D eigenvalue weighted by Gasteiger charge is 2.14. The van der Waals surface area contributed by atoms with Crippen LogP contribution in [0.2, 0.25) is 0 Å². The van der Waals surface area contributed by atoms with Gasteiger partial charge in [0.25, 0.3) is 5.91 Å². The molecule has 3 N–H and O–H groups in total. The highest BCUT2D eigenvalue weighted by atomic mass is 79.9. The molecular weight excluding hydrogens is 275 g/mol. The molecule has 0 aromatic heterocycles. The maximum absolute atomic E-state index is 13.5. The molecule has 1 amide bonds. The maximum atomic E-state index is 13.5. The predicted molar refractivity (Wildman–Crippen MR) is 66.0 cm³/mol. The number of anilines is 1. The number of hydrogen-bond donors (Lipinski definition) is 2. The molecule has 0 saturated heterocycles. The number of hydrogen-bond acceptors (Lipinski definition) is 2. The van der Waals surface area contributed by atoms with E-state index in [1.807, 2.05) is 0 Å². The third kappa shape index (κ3) is 3.20. The number of nitrogens with one attached hydrogen (secondary N) is 1. The van der Waals surface area contributed by atoms with Crippen molar-refractivity contribution >= 4 is 27.5 Å². The van der Waals surface area contributed by atoms with Gasteiger partial charge in [-0.1, -0.05) is 29.3 Å². The SMILES string of the molecule is CCCCNc1cc(Br)cc(F)c1C(N)=O. The fraction of sp³-hybridized carbons (Fsp3) is 0.364. The summed E-state index contributed by atoms with van der Waals surface area (Å²) < 4.78 is 14.1. The molecule has 5 heteroatoms. The van der Waals surface area contributed by atoms with E-state index < -0.39 is 11.7 Å². The molecule has 88 valence electrons. The first kappa shape index (κ1) is 13.0. The van der Waals surface area contributed by atoms with Crippen molar-refractivity contribution in [2.75, 3.05) is 11.9 Å². The van der Waals surface area contributed by atoms with E-state index in [1.54, 1.807) is 6.07 Å². The lowest BCUT2D eigenvalue weighted by molar-refractivity contribution is 0.0997. The van der Waals surface area contributed by atoms with Crippen LogP contribution in [0.1, 0.15) is 30.1 Å². The quantitative estimate of drug-likeness (QED) is 0.819. The van der Waals surface area contributed by atoms with Crippen molar-refractivity contribution in [2.45, 2.75) is 19.8 Å². The van der Waals surface area contributed by atoms with Crippen LogP contribution in [-0.4, -0.2) is 12.5 Å². The summed E-state index contributed by atoms with van der Waals surface area (Å²) in [6.45, 7) is 2.74. The van der Waals surface area contributed by atoms with Gasteiger partial charge in [-0.05, 0) is 18.6 Å². The molecule has 0 atom stereocenters. The number of carbonyl (C=O) groups is 1. The molecule has 16 heavy (non-hydrogen) atoms. The van der Waals surface area contributed by atoms with Crippen molar-refractivity contribution in [3.05, 3.63) is 28.0 Å². The van der Waals surface area contributed by atoms with Gasteiger partial charge in [-0.3, -0.25) is 4.79 Å². The Balaban J connectivity index is 2.99. The number of amides is 1. The molecule has 0 saturated carbocycles. The maximum Gasteiger partial charge on any atom is 0.253 e. The molecule has 0 fully saturated rings. The third-order valence-corrected chi connectivity index (χ3v) is 2.61. The summed E-state index contributed by atoms with van der Waals surface area (Å²) in [4.78, 5) is 11.1. The number of halogens is 2. The Morgan fingerprint density at radius 2 is 2.25 bits per heavy atom. The Morgan fingerprint density at radius 3 is 2.81 bits per heavy atom. The Kier molecular flexibility index (Phi) is 4.73. The van der Waals surface area contributed by atoms with Crippen molar-refractivity contribution in [3.63, 3.8) is 0 Å². The minimum Gasteiger partial charge on any atom is -0.384 e. The number of nitrogens with two attached hydrogens (primary N) is 1. The zero-order valence-electron chi connectivity index (χ0n) is 9.02. The molecular formula is C11H14BrFN2O. The Morgan fingerprint density at radius 1 is 1.56 bits per heavy atom. The van der Waals surface area contributed by atoms with Gasteiger partial charge in [-0.2, -0.15) is 0 Å². The number of carbonyl (C=O) groups excluding carboxylic acids is 1. The van der Waals surface area contributed by atoms with E-state index in [1.165, 1.54) is 6.07 Å². The van der Waals surface area contributed by atoms with Crippen molar-refractivity contribution in [2.24, 2.45) is 5.73 Å². The molecule has 0 aliphatic rings. The monoisotopic (exact) mass is 288 g/mol. The number of unbranched alkanes of at least 4 members (excludes halogenated alkanes) is 1. The molecule has 0 bridgehead atoms. The summed E-state index contributed by atoms with van der Waals surface area (Å²) in [5.41, 5.74) is 5.49. The lowest BCUT2D eigenvalue weighted by Crippen LogP contribution is -2.17. The van der Waals surface area contributed by atoms with Crippen LogP contribution in [-0.2, 0) is 0 Å². The van der Waals surface area contributed by atoms with Crippen LogP contribution >= 0.6 is 15.9 Å². The second-order valence-corrected chi connectivity index (χ2v) is 4.37. The zero-order valence-corrected chi connectivity index (χ0v) is 10.6. The largest absolute Gasteiger partial charge is 0.384 e. The van der Waals surface area contributed by atoms with E-state index in [-0.39, 0.29) is 5.56 Å². The summed E-state index contributed by atoms with van der Waals surface area (Å²) >= 11 is 3.17. The molecule has 0 aliphatic carbocycles. The number of benzene rings is 1. The lowest BCUT2D eigenvalue weighted by Gasteiger charge is -2.11. The molecule has 1 rings (SSSR count). The van der Waals surface area contributed by atoms with E-state index in [0.717, 1.165) is 12.8 Å². The summed E-state index contributed by atoms with van der Waals surface area (Å²) in [5.74, 6) is -1.37. The van der Waals surface area contributed by atoms with Gasteiger partial charge in [0.2, 0.25) is 0 Å². The van der Waals surface area contributed by atoms with Gasteiger partial charge in [0.05, 0.1) is 11.3 Å². The van der Waals surface area contributed by atoms with Gasteiger partial charge in [0, 0.05) is 11.0 Å². The minimum atomic E-state index is -0.760. The van der Waals surface area contributed by atoms with Crippen LogP contribution < -0.4 is 11.1 Å². The van der Waals surface area contributed by atoms with Gasteiger partial charge in [-0.15, -0.1) is 0 Å².